The van der Waals surface area contributed by atoms with Gasteiger partial charge in [0.15, 0.2) is 11.5 Å². The van der Waals surface area contributed by atoms with Crippen molar-refractivity contribution in [3.8, 4) is 11.5 Å². The highest BCUT2D eigenvalue weighted by atomic mass is 16.7. The minimum Gasteiger partial charge on any atom is -0.454 e. The van der Waals surface area contributed by atoms with E-state index in [1.54, 1.807) is 0 Å². The first-order chi connectivity index (χ1) is 9.42. The summed E-state index contributed by atoms with van der Waals surface area (Å²) in [5.41, 5.74) is 1.26. The lowest BCUT2D eigenvalue weighted by atomic mass is 9.96. The van der Waals surface area contributed by atoms with E-state index in [-0.39, 0.29) is 0 Å². The Hall–Kier alpha value is -1.26. The van der Waals surface area contributed by atoms with Gasteiger partial charge in [-0.3, -0.25) is 0 Å². The Bertz CT molecular complexity index is 417. The molecule has 0 aromatic heterocycles. The number of piperidine rings is 1. The van der Waals surface area contributed by atoms with Crippen molar-refractivity contribution < 1.29 is 9.47 Å². The van der Waals surface area contributed by atoms with Crippen LogP contribution < -0.4 is 20.1 Å². The first kappa shape index (κ1) is 12.8. The van der Waals surface area contributed by atoms with Crippen molar-refractivity contribution in [2.75, 3.05) is 26.4 Å². The number of benzene rings is 1. The molecule has 4 heteroatoms. The lowest BCUT2D eigenvalue weighted by molar-refractivity contribution is 0.174. The van der Waals surface area contributed by atoms with E-state index in [2.05, 4.69) is 22.8 Å². The highest BCUT2D eigenvalue weighted by molar-refractivity contribution is 5.44. The standard InChI is InChI=1S/C15H22N2O2/c1-2-12(9-16-6-1)5-7-17-10-13-3-4-14-15(8-13)19-11-18-14/h3-4,8,12,16-17H,1-2,5-7,9-11H2. The van der Waals surface area contributed by atoms with E-state index < -0.39 is 0 Å². The van der Waals surface area contributed by atoms with Crippen molar-refractivity contribution in [3.63, 3.8) is 0 Å². The number of nitrogens with one attached hydrogen (secondary N) is 2. The number of rotatable bonds is 5. The SMILES string of the molecule is c1cc2c(cc1CNCCC1CCCNC1)OCO2. The van der Waals surface area contributed by atoms with Crippen LogP contribution >= 0.6 is 0 Å². The summed E-state index contributed by atoms with van der Waals surface area (Å²) in [6, 6.07) is 6.16. The summed E-state index contributed by atoms with van der Waals surface area (Å²) in [6.07, 6.45) is 3.96. The van der Waals surface area contributed by atoms with E-state index in [1.165, 1.54) is 37.9 Å². The largest absolute Gasteiger partial charge is 0.454 e. The number of hydrogen-bond acceptors (Lipinski definition) is 4. The zero-order valence-electron chi connectivity index (χ0n) is 11.3. The van der Waals surface area contributed by atoms with E-state index in [0.29, 0.717) is 6.79 Å². The Kier molecular flexibility index (Phi) is 4.20. The maximum Gasteiger partial charge on any atom is 0.231 e. The van der Waals surface area contributed by atoms with Crippen molar-refractivity contribution in [2.24, 2.45) is 5.92 Å². The first-order valence-electron chi connectivity index (χ1n) is 7.22. The van der Waals surface area contributed by atoms with Gasteiger partial charge in [0.05, 0.1) is 0 Å². The van der Waals surface area contributed by atoms with Crippen LogP contribution in [0.2, 0.25) is 0 Å². The smallest absolute Gasteiger partial charge is 0.231 e. The third-order valence-electron chi connectivity index (χ3n) is 3.89. The summed E-state index contributed by atoms with van der Waals surface area (Å²) in [5.74, 6) is 2.57. The number of fused-ring (bicyclic) bond motifs is 1. The van der Waals surface area contributed by atoms with E-state index in [4.69, 9.17) is 9.47 Å². The Labute approximate surface area is 114 Å². The molecule has 104 valence electrons. The lowest BCUT2D eigenvalue weighted by Gasteiger charge is -2.22. The highest BCUT2D eigenvalue weighted by Gasteiger charge is 2.14. The van der Waals surface area contributed by atoms with Gasteiger partial charge in [0, 0.05) is 6.54 Å². The molecule has 1 fully saturated rings. The zero-order valence-corrected chi connectivity index (χ0v) is 11.3. The molecule has 1 saturated heterocycles. The van der Waals surface area contributed by atoms with Gasteiger partial charge < -0.3 is 20.1 Å². The van der Waals surface area contributed by atoms with Crippen LogP contribution in [0.15, 0.2) is 18.2 Å². The molecule has 4 nitrogen and oxygen atoms in total. The fourth-order valence-corrected chi connectivity index (χ4v) is 2.76. The van der Waals surface area contributed by atoms with Crippen LogP contribution in [0.4, 0.5) is 0 Å². The molecule has 2 aliphatic heterocycles. The maximum atomic E-state index is 5.38. The zero-order chi connectivity index (χ0) is 12.9. The molecule has 1 atom stereocenters. The van der Waals surface area contributed by atoms with Crippen molar-refractivity contribution in [2.45, 2.75) is 25.8 Å². The van der Waals surface area contributed by atoms with Crippen molar-refractivity contribution in [3.05, 3.63) is 23.8 Å². The maximum absolute atomic E-state index is 5.38. The van der Waals surface area contributed by atoms with Gasteiger partial charge in [-0.25, -0.2) is 0 Å². The van der Waals surface area contributed by atoms with Gasteiger partial charge >= 0.3 is 0 Å². The van der Waals surface area contributed by atoms with Crippen LogP contribution in [0.5, 0.6) is 11.5 Å². The number of hydrogen-bond donors (Lipinski definition) is 2. The predicted molar refractivity (Wildman–Crippen MR) is 74.5 cm³/mol. The van der Waals surface area contributed by atoms with Crippen LogP contribution in [0.3, 0.4) is 0 Å². The second kappa shape index (κ2) is 6.26. The monoisotopic (exact) mass is 262 g/mol. The Morgan fingerprint density at radius 2 is 2.21 bits per heavy atom. The van der Waals surface area contributed by atoms with Gasteiger partial charge in [0.25, 0.3) is 0 Å². The van der Waals surface area contributed by atoms with Gasteiger partial charge in [-0.15, -0.1) is 0 Å². The molecule has 2 aliphatic rings. The van der Waals surface area contributed by atoms with Gasteiger partial charge in [0.1, 0.15) is 0 Å². The van der Waals surface area contributed by atoms with Gasteiger partial charge in [-0.05, 0) is 62.5 Å². The molecule has 19 heavy (non-hydrogen) atoms. The summed E-state index contributed by atoms with van der Waals surface area (Å²) in [6.45, 7) is 4.71. The minimum absolute atomic E-state index is 0.348. The summed E-state index contributed by atoms with van der Waals surface area (Å²) in [7, 11) is 0. The fraction of sp³-hybridized carbons (Fsp3) is 0.600. The summed E-state index contributed by atoms with van der Waals surface area (Å²) in [5, 5.41) is 6.98. The van der Waals surface area contributed by atoms with E-state index in [1.807, 2.05) is 6.07 Å². The summed E-state index contributed by atoms with van der Waals surface area (Å²) < 4.78 is 10.7. The Morgan fingerprint density at radius 1 is 1.26 bits per heavy atom. The molecular weight excluding hydrogens is 240 g/mol. The predicted octanol–water partition coefficient (Wildman–Crippen LogP) is 1.89. The Balaban J connectivity index is 1.40. The molecule has 3 rings (SSSR count). The fourth-order valence-electron chi connectivity index (χ4n) is 2.76. The molecule has 0 amide bonds. The molecule has 0 spiro atoms. The van der Waals surface area contributed by atoms with Gasteiger partial charge in [-0.2, -0.15) is 0 Å². The van der Waals surface area contributed by atoms with Gasteiger partial charge in [-0.1, -0.05) is 6.07 Å². The molecule has 0 saturated carbocycles. The van der Waals surface area contributed by atoms with Crippen LogP contribution in [-0.4, -0.2) is 26.4 Å². The lowest BCUT2D eigenvalue weighted by Crippen LogP contribution is -2.31. The highest BCUT2D eigenvalue weighted by Crippen LogP contribution is 2.32. The van der Waals surface area contributed by atoms with Crippen molar-refractivity contribution >= 4 is 0 Å². The molecule has 2 heterocycles. The van der Waals surface area contributed by atoms with Crippen molar-refractivity contribution in [1.29, 1.82) is 0 Å². The van der Waals surface area contributed by atoms with Crippen molar-refractivity contribution in [1.82, 2.24) is 10.6 Å². The molecule has 0 radical (unpaired) electrons. The van der Waals surface area contributed by atoms with Crippen LogP contribution in [0.25, 0.3) is 0 Å². The normalized spacial score (nSPS) is 21.6. The molecule has 1 aromatic rings. The second-order valence-corrected chi connectivity index (χ2v) is 5.37. The second-order valence-electron chi connectivity index (χ2n) is 5.37. The third kappa shape index (κ3) is 3.39. The molecule has 2 N–H and O–H groups in total. The molecular formula is C15H22N2O2. The molecule has 0 aliphatic carbocycles. The molecule has 0 bridgehead atoms. The van der Waals surface area contributed by atoms with Crippen LogP contribution in [0.1, 0.15) is 24.8 Å². The number of ether oxygens (including phenoxy) is 2. The van der Waals surface area contributed by atoms with Crippen LogP contribution in [-0.2, 0) is 6.54 Å². The van der Waals surface area contributed by atoms with E-state index >= 15 is 0 Å². The minimum atomic E-state index is 0.348. The van der Waals surface area contributed by atoms with E-state index in [0.717, 1.165) is 30.5 Å². The average Bonchev–Trinajstić information content (AvgIpc) is 2.92. The first-order valence-corrected chi connectivity index (χ1v) is 7.22. The van der Waals surface area contributed by atoms with Crippen LogP contribution in [0, 0.1) is 5.92 Å². The topological polar surface area (TPSA) is 42.5 Å². The quantitative estimate of drug-likeness (QED) is 0.795. The summed E-state index contributed by atoms with van der Waals surface area (Å²) >= 11 is 0. The third-order valence-corrected chi connectivity index (χ3v) is 3.89. The summed E-state index contributed by atoms with van der Waals surface area (Å²) in [4.78, 5) is 0. The molecule has 1 unspecified atom stereocenters. The Morgan fingerprint density at radius 3 is 3.11 bits per heavy atom. The van der Waals surface area contributed by atoms with Gasteiger partial charge in [0.2, 0.25) is 6.79 Å². The molecule has 1 aromatic carbocycles. The van der Waals surface area contributed by atoms with E-state index in [9.17, 15) is 0 Å². The average molecular weight is 262 g/mol.